The average Bonchev–Trinajstić information content (AvgIpc) is 2.47. The highest BCUT2D eigenvalue weighted by atomic mass is 16.5. The lowest BCUT2D eigenvalue weighted by atomic mass is 9.94. The molecule has 0 aromatic rings. The van der Waals surface area contributed by atoms with Crippen molar-refractivity contribution in [2.45, 2.75) is 32.7 Å². The normalized spacial score (nSPS) is 25.4. The van der Waals surface area contributed by atoms with Gasteiger partial charge in [-0.25, -0.2) is 0 Å². The number of piperidine rings is 1. The topological polar surface area (TPSA) is 58.8 Å². The number of carbonyl (C=O) groups is 1. The molecule has 2 saturated heterocycles. The molecule has 0 radical (unpaired) electrons. The molecule has 2 aliphatic rings. The largest absolute Gasteiger partial charge is 0.379 e. The van der Waals surface area contributed by atoms with Gasteiger partial charge in [-0.3, -0.25) is 9.69 Å². The van der Waals surface area contributed by atoms with Gasteiger partial charge in [0.15, 0.2) is 0 Å². The van der Waals surface area contributed by atoms with E-state index < -0.39 is 0 Å². The van der Waals surface area contributed by atoms with Crippen molar-refractivity contribution in [3.05, 3.63) is 0 Å². The summed E-state index contributed by atoms with van der Waals surface area (Å²) in [6.07, 6.45) is 2.24. The number of amides is 1. The van der Waals surface area contributed by atoms with Gasteiger partial charge in [0, 0.05) is 38.8 Å². The summed E-state index contributed by atoms with van der Waals surface area (Å²) in [4.78, 5) is 16.8. The quantitative estimate of drug-likeness (QED) is 0.818. The Balaban J connectivity index is 1.73. The molecule has 2 heterocycles. The van der Waals surface area contributed by atoms with Gasteiger partial charge in [-0.2, -0.15) is 0 Å². The first-order valence-corrected chi connectivity index (χ1v) is 7.92. The van der Waals surface area contributed by atoms with Gasteiger partial charge in [-0.1, -0.05) is 6.92 Å². The minimum Gasteiger partial charge on any atom is -0.379 e. The second kappa shape index (κ2) is 7.38. The maximum Gasteiger partial charge on any atom is 0.226 e. The average molecular weight is 283 g/mol. The van der Waals surface area contributed by atoms with Crippen LogP contribution >= 0.6 is 0 Å². The van der Waals surface area contributed by atoms with Crippen molar-refractivity contribution >= 4 is 5.91 Å². The lowest BCUT2D eigenvalue weighted by Crippen LogP contribution is -2.47. The molecule has 5 heteroatoms. The van der Waals surface area contributed by atoms with E-state index in [1.165, 1.54) is 0 Å². The molecule has 2 fully saturated rings. The molecule has 2 unspecified atom stereocenters. The molecule has 116 valence electrons. The first-order chi connectivity index (χ1) is 9.58. The van der Waals surface area contributed by atoms with Gasteiger partial charge in [0.05, 0.1) is 19.1 Å². The van der Waals surface area contributed by atoms with Crippen molar-refractivity contribution in [1.82, 2.24) is 9.80 Å². The van der Waals surface area contributed by atoms with Crippen LogP contribution in [0.1, 0.15) is 26.7 Å². The van der Waals surface area contributed by atoms with E-state index >= 15 is 0 Å². The molecular formula is C15H29N3O2. The van der Waals surface area contributed by atoms with E-state index in [1.807, 2.05) is 18.7 Å². The number of carbonyl (C=O) groups excluding carboxylic acids is 1. The Morgan fingerprint density at radius 2 is 1.80 bits per heavy atom. The molecule has 1 amide bonds. The van der Waals surface area contributed by atoms with Crippen LogP contribution in [-0.4, -0.2) is 67.7 Å². The number of hydrogen-bond acceptors (Lipinski definition) is 4. The summed E-state index contributed by atoms with van der Waals surface area (Å²) in [5.74, 6) is 0.887. The minimum atomic E-state index is -0.0641. The Morgan fingerprint density at radius 1 is 1.20 bits per heavy atom. The number of morpholine rings is 1. The van der Waals surface area contributed by atoms with Crippen molar-refractivity contribution in [3.8, 4) is 0 Å². The molecular weight excluding hydrogens is 254 g/mol. The Bertz CT molecular complexity index is 308. The van der Waals surface area contributed by atoms with Gasteiger partial charge in [0.25, 0.3) is 0 Å². The zero-order chi connectivity index (χ0) is 14.5. The fourth-order valence-corrected chi connectivity index (χ4v) is 3.00. The number of nitrogens with zero attached hydrogens (tertiary/aromatic N) is 2. The molecule has 2 aliphatic heterocycles. The molecule has 2 N–H and O–H groups in total. The third-order valence-corrected chi connectivity index (χ3v) is 4.72. The van der Waals surface area contributed by atoms with Crippen LogP contribution in [0.2, 0.25) is 0 Å². The number of nitrogens with two attached hydrogens (primary N) is 1. The van der Waals surface area contributed by atoms with Gasteiger partial charge in [0.1, 0.15) is 0 Å². The van der Waals surface area contributed by atoms with E-state index in [0.29, 0.717) is 0 Å². The molecule has 5 nitrogen and oxygen atoms in total. The lowest BCUT2D eigenvalue weighted by Gasteiger charge is -2.37. The van der Waals surface area contributed by atoms with E-state index in [0.717, 1.165) is 64.7 Å². The van der Waals surface area contributed by atoms with Gasteiger partial charge in [-0.15, -0.1) is 0 Å². The molecule has 0 aliphatic carbocycles. The SMILES string of the molecule is CC(N)C(C)C(=O)N1CCC(CN2CCOCC2)CC1. The standard InChI is InChI=1S/C15H29N3O2/c1-12(13(2)16)15(19)18-5-3-14(4-6-18)11-17-7-9-20-10-8-17/h12-14H,3-11,16H2,1-2H3. The van der Waals surface area contributed by atoms with Crippen molar-refractivity contribution < 1.29 is 9.53 Å². The predicted molar refractivity (Wildman–Crippen MR) is 79.4 cm³/mol. The van der Waals surface area contributed by atoms with Crippen LogP contribution in [0.4, 0.5) is 0 Å². The summed E-state index contributed by atoms with van der Waals surface area (Å²) in [7, 11) is 0. The van der Waals surface area contributed by atoms with E-state index in [9.17, 15) is 4.79 Å². The molecule has 0 aromatic heterocycles. The fraction of sp³-hybridized carbons (Fsp3) is 0.933. The second-order valence-electron chi connectivity index (χ2n) is 6.33. The first kappa shape index (κ1) is 15.7. The van der Waals surface area contributed by atoms with Crippen LogP contribution in [0.25, 0.3) is 0 Å². The highest BCUT2D eigenvalue weighted by molar-refractivity contribution is 5.79. The second-order valence-corrected chi connectivity index (χ2v) is 6.33. The summed E-state index contributed by atoms with van der Waals surface area (Å²) >= 11 is 0. The number of likely N-dealkylation sites (tertiary alicyclic amines) is 1. The highest BCUT2D eigenvalue weighted by Gasteiger charge is 2.28. The Labute approximate surface area is 122 Å². The van der Waals surface area contributed by atoms with Crippen LogP contribution in [0.5, 0.6) is 0 Å². The van der Waals surface area contributed by atoms with Gasteiger partial charge < -0.3 is 15.4 Å². The fourth-order valence-electron chi connectivity index (χ4n) is 3.00. The minimum absolute atomic E-state index is 0.0615. The summed E-state index contributed by atoms with van der Waals surface area (Å²) in [6.45, 7) is 10.6. The predicted octanol–water partition coefficient (Wildman–Crippen LogP) is 0.541. The summed E-state index contributed by atoms with van der Waals surface area (Å²) in [5, 5.41) is 0. The summed E-state index contributed by atoms with van der Waals surface area (Å²) in [5.41, 5.74) is 5.83. The van der Waals surface area contributed by atoms with Gasteiger partial charge in [-0.05, 0) is 25.7 Å². The highest BCUT2D eigenvalue weighted by Crippen LogP contribution is 2.20. The van der Waals surface area contributed by atoms with Gasteiger partial charge in [0.2, 0.25) is 5.91 Å². The van der Waals surface area contributed by atoms with E-state index in [-0.39, 0.29) is 17.9 Å². The maximum atomic E-state index is 12.3. The third kappa shape index (κ3) is 4.17. The van der Waals surface area contributed by atoms with E-state index in [2.05, 4.69) is 4.90 Å². The van der Waals surface area contributed by atoms with Gasteiger partial charge >= 0.3 is 0 Å². The van der Waals surface area contributed by atoms with Crippen LogP contribution in [0.3, 0.4) is 0 Å². The van der Waals surface area contributed by atoms with Crippen LogP contribution in [0, 0.1) is 11.8 Å². The molecule has 0 spiro atoms. The van der Waals surface area contributed by atoms with Crippen LogP contribution in [-0.2, 0) is 9.53 Å². The molecule has 0 aromatic carbocycles. The van der Waals surface area contributed by atoms with E-state index in [1.54, 1.807) is 0 Å². The Morgan fingerprint density at radius 3 is 2.35 bits per heavy atom. The van der Waals surface area contributed by atoms with Crippen molar-refractivity contribution in [3.63, 3.8) is 0 Å². The lowest BCUT2D eigenvalue weighted by molar-refractivity contribution is -0.137. The van der Waals surface area contributed by atoms with Crippen molar-refractivity contribution in [1.29, 1.82) is 0 Å². The zero-order valence-electron chi connectivity index (χ0n) is 12.9. The van der Waals surface area contributed by atoms with Crippen molar-refractivity contribution in [2.24, 2.45) is 17.6 Å². The van der Waals surface area contributed by atoms with E-state index in [4.69, 9.17) is 10.5 Å². The molecule has 20 heavy (non-hydrogen) atoms. The number of rotatable bonds is 4. The molecule has 0 bridgehead atoms. The number of hydrogen-bond donors (Lipinski definition) is 1. The molecule has 2 rings (SSSR count). The summed E-state index contributed by atoms with van der Waals surface area (Å²) in [6, 6.07) is -0.0615. The van der Waals surface area contributed by atoms with Crippen LogP contribution in [0.15, 0.2) is 0 Å². The smallest absolute Gasteiger partial charge is 0.226 e. The monoisotopic (exact) mass is 283 g/mol. The Hall–Kier alpha value is -0.650. The third-order valence-electron chi connectivity index (χ3n) is 4.72. The van der Waals surface area contributed by atoms with Crippen LogP contribution < -0.4 is 5.73 Å². The molecule has 2 atom stereocenters. The molecule has 0 saturated carbocycles. The Kier molecular flexibility index (Phi) is 5.81. The first-order valence-electron chi connectivity index (χ1n) is 7.92. The van der Waals surface area contributed by atoms with Crippen molar-refractivity contribution in [2.75, 3.05) is 45.9 Å². The zero-order valence-corrected chi connectivity index (χ0v) is 12.9. The summed E-state index contributed by atoms with van der Waals surface area (Å²) < 4.78 is 5.38. The number of ether oxygens (including phenoxy) is 1. The maximum absolute atomic E-state index is 12.3.